The minimum Gasteiger partial charge on any atom is -0.339 e. The molecule has 0 bridgehead atoms. The van der Waals surface area contributed by atoms with Crippen LogP contribution in [0.5, 0.6) is 0 Å². The first-order valence-corrected chi connectivity index (χ1v) is 10.1. The van der Waals surface area contributed by atoms with Crippen molar-refractivity contribution in [1.29, 1.82) is 0 Å². The summed E-state index contributed by atoms with van der Waals surface area (Å²) in [5.74, 6) is 1.21. The fourth-order valence-corrected chi connectivity index (χ4v) is 3.78. The van der Waals surface area contributed by atoms with Crippen molar-refractivity contribution in [1.82, 2.24) is 10.1 Å². The molecule has 7 nitrogen and oxygen atoms in total. The van der Waals surface area contributed by atoms with Crippen LogP contribution in [0.1, 0.15) is 31.6 Å². The maximum Gasteiger partial charge on any atom is 0.227 e. The quantitative estimate of drug-likeness (QED) is 0.655. The normalized spacial score (nSPS) is 13.9. The summed E-state index contributed by atoms with van der Waals surface area (Å²) in [4.78, 5) is 31.0. The second-order valence-corrected chi connectivity index (χ2v) is 7.53. The summed E-state index contributed by atoms with van der Waals surface area (Å²) in [5.41, 5.74) is 1.59. The number of nitrogens with zero attached hydrogens (tertiary/aromatic N) is 3. The Balaban J connectivity index is 1.24. The van der Waals surface area contributed by atoms with Crippen LogP contribution in [0.15, 0.2) is 46.3 Å². The highest BCUT2D eigenvalue weighted by atomic mass is 32.1. The molecule has 3 aromatic rings. The van der Waals surface area contributed by atoms with Crippen molar-refractivity contribution in [2.75, 3.05) is 16.8 Å². The number of nitrogens with one attached hydrogen (secondary N) is 1. The van der Waals surface area contributed by atoms with Gasteiger partial charge in [-0.3, -0.25) is 9.59 Å². The SMILES string of the molecule is O=C(CCCc1nc(-c2cccs2)no1)Nc1ccc(N2CCCC2=O)cc1. The molecule has 3 heterocycles. The van der Waals surface area contributed by atoms with Crippen molar-refractivity contribution in [3.8, 4) is 10.7 Å². The van der Waals surface area contributed by atoms with E-state index in [1.165, 1.54) is 0 Å². The van der Waals surface area contributed by atoms with Crippen LogP contribution < -0.4 is 10.2 Å². The number of carbonyl (C=O) groups is 2. The molecule has 28 heavy (non-hydrogen) atoms. The average Bonchev–Trinajstić information content (AvgIpc) is 3.44. The predicted molar refractivity (Wildman–Crippen MR) is 107 cm³/mol. The number of aryl methyl sites for hydroxylation is 1. The monoisotopic (exact) mass is 396 g/mol. The highest BCUT2D eigenvalue weighted by molar-refractivity contribution is 7.13. The van der Waals surface area contributed by atoms with Gasteiger partial charge in [0.1, 0.15) is 0 Å². The lowest BCUT2D eigenvalue weighted by molar-refractivity contribution is -0.117. The van der Waals surface area contributed by atoms with E-state index < -0.39 is 0 Å². The lowest BCUT2D eigenvalue weighted by Gasteiger charge is -2.16. The zero-order valence-electron chi connectivity index (χ0n) is 15.3. The van der Waals surface area contributed by atoms with Crippen LogP contribution in [0, 0.1) is 0 Å². The van der Waals surface area contributed by atoms with E-state index in [0.717, 1.165) is 29.2 Å². The van der Waals surface area contributed by atoms with Gasteiger partial charge in [0.2, 0.25) is 23.5 Å². The first-order chi connectivity index (χ1) is 13.7. The number of thiophene rings is 1. The number of hydrogen-bond donors (Lipinski definition) is 1. The van der Waals surface area contributed by atoms with E-state index in [1.807, 2.05) is 41.8 Å². The highest BCUT2D eigenvalue weighted by Gasteiger charge is 2.21. The van der Waals surface area contributed by atoms with Crippen molar-refractivity contribution < 1.29 is 14.1 Å². The van der Waals surface area contributed by atoms with Gasteiger partial charge in [-0.25, -0.2) is 0 Å². The number of amides is 2. The summed E-state index contributed by atoms with van der Waals surface area (Å²) < 4.78 is 5.24. The van der Waals surface area contributed by atoms with E-state index in [4.69, 9.17) is 4.52 Å². The number of aromatic nitrogens is 2. The molecule has 1 fully saturated rings. The molecule has 0 radical (unpaired) electrons. The van der Waals surface area contributed by atoms with Crippen LogP contribution in [0.4, 0.5) is 11.4 Å². The standard InChI is InChI=1S/C20H20N4O3S/c25-17(5-1-6-18-22-20(23-27-18)16-4-3-13-28-16)21-14-8-10-15(11-9-14)24-12-2-7-19(24)26/h3-4,8-11,13H,1-2,5-7,12H2,(H,21,25). The number of anilines is 2. The minimum atomic E-state index is -0.0667. The van der Waals surface area contributed by atoms with Crippen LogP contribution in [0.3, 0.4) is 0 Å². The molecule has 4 rings (SSSR count). The minimum absolute atomic E-state index is 0.0667. The van der Waals surface area contributed by atoms with Gasteiger partial charge in [0.05, 0.1) is 4.88 Å². The number of carbonyl (C=O) groups excluding carboxylic acids is 2. The molecule has 2 amide bonds. The molecule has 0 atom stereocenters. The van der Waals surface area contributed by atoms with Crippen molar-refractivity contribution in [2.45, 2.75) is 32.1 Å². The van der Waals surface area contributed by atoms with Crippen molar-refractivity contribution >= 4 is 34.5 Å². The molecule has 144 valence electrons. The lowest BCUT2D eigenvalue weighted by atomic mass is 10.2. The summed E-state index contributed by atoms with van der Waals surface area (Å²) in [6.45, 7) is 0.758. The molecular formula is C20H20N4O3S. The van der Waals surface area contributed by atoms with Crippen LogP contribution >= 0.6 is 11.3 Å². The molecule has 8 heteroatoms. The summed E-state index contributed by atoms with van der Waals surface area (Å²) in [6, 6.07) is 11.3. The van der Waals surface area contributed by atoms with Gasteiger partial charge in [0.15, 0.2) is 0 Å². The molecule has 0 saturated carbocycles. The predicted octanol–water partition coefficient (Wildman–Crippen LogP) is 3.89. The summed E-state index contributed by atoms with van der Waals surface area (Å²) in [5, 5.41) is 8.81. The third-order valence-electron chi connectivity index (χ3n) is 4.54. The molecule has 1 aliphatic heterocycles. The van der Waals surface area contributed by atoms with Crippen LogP contribution in [-0.2, 0) is 16.0 Å². The molecule has 1 saturated heterocycles. The van der Waals surface area contributed by atoms with E-state index in [2.05, 4.69) is 15.5 Å². The molecule has 1 aromatic carbocycles. The Hall–Kier alpha value is -3.00. The third-order valence-corrected chi connectivity index (χ3v) is 5.41. The zero-order valence-corrected chi connectivity index (χ0v) is 16.1. The maximum atomic E-state index is 12.1. The van der Waals surface area contributed by atoms with Gasteiger partial charge >= 0.3 is 0 Å². The molecule has 0 unspecified atom stereocenters. The van der Waals surface area contributed by atoms with Gasteiger partial charge in [-0.2, -0.15) is 4.98 Å². The Labute approximate surface area is 166 Å². The summed E-state index contributed by atoms with van der Waals surface area (Å²) in [7, 11) is 0. The van der Waals surface area contributed by atoms with Gasteiger partial charge in [0.25, 0.3) is 0 Å². The van der Waals surface area contributed by atoms with Crippen molar-refractivity contribution in [3.63, 3.8) is 0 Å². The van der Waals surface area contributed by atoms with Gasteiger partial charge in [-0.05, 0) is 48.6 Å². The first kappa shape index (κ1) is 18.4. The number of rotatable bonds is 7. The van der Waals surface area contributed by atoms with Gasteiger partial charge in [-0.1, -0.05) is 11.2 Å². The summed E-state index contributed by atoms with van der Waals surface area (Å²) in [6.07, 6.45) is 3.04. The second kappa shape index (κ2) is 8.35. The molecular weight excluding hydrogens is 376 g/mol. The van der Waals surface area contributed by atoms with Crippen LogP contribution in [0.25, 0.3) is 10.7 Å². The van der Waals surface area contributed by atoms with E-state index in [9.17, 15) is 9.59 Å². The van der Waals surface area contributed by atoms with Gasteiger partial charge in [0, 0.05) is 37.2 Å². The Morgan fingerprint density at radius 3 is 2.82 bits per heavy atom. The smallest absolute Gasteiger partial charge is 0.227 e. The Morgan fingerprint density at radius 2 is 2.11 bits per heavy atom. The zero-order chi connectivity index (χ0) is 19.3. The van der Waals surface area contributed by atoms with Gasteiger partial charge < -0.3 is 14.7 Å². The average molecular weight is 396 g/mol. The second-order valence-electron chi connectivity index (χ2n) is 6.59. The van der Waals surface area contributed by atoms with Crippen LogP contribution in [0.2, 0.25) is 0 Å². The first-order valence-electron chi connectivity index (χ1n) is 9.26. The van der Waals surface area contributed by atoms with Crippen molar-refractivity contribution in [3.05, 3.63) is 47.7 Å². The fraction of sp³-hybridized carbons (Fsp3) is 0.300. The topological polar surface area (TPSA) is 88.3 Å². The highest BCUT2D eigenvalue weighted by Crippen LogP contribution is 2.23. The molecule has 0 aliphatic carbocycles. The fourth-order valence-electron chi connectivity index (χ4n) is 3.13. The van der Waals surface area contributed by atoms with Crippen LogP contribution in [-0.4, -0.2) is 28.5 Å². The van der Waals surface area contributed by atoms with E-state index >= 15 is 0 Å². The maximum absolute atomic E-state index is 12.1. The Kier molecular flexibility index (Phi) is 5.48. The third kappa shape index (κ3) is 4.28. The number of benzene rings is 1. The Morgan fingerprint density at radius 1 is 1.25 bits per heavy atom. The van der Waals surface area contributed by atoms with E-state index in [1.54, 1.807) is 16.2 Å². The number of hydrogen-bond acceptors (Lipinski definition) is 6. The lowest BCUT2D eigenvalue weighted by Crippen LogP contribution is -2.23. The molecule has 0 spiro atoms. The van der Waals surface area contributed by atoms with Gasteiger partial charge in [-0.15, -0.1) is 11.3 Å². The molecule has 1 aliphatic rings. The summed E-state index contributed by atoms with van der Waals surface area (Å²) >= 11 is 1.56. The molecule has 2 aromatic heterocycles. The van der Waals surface area contributed by atoms with E-state index in [-0.39, 0.29) is 11.8 Å². The largest absolute Gasteiger partial charge is 0.339 e. The molecule has 1 N–H and O–H groups in total. The Bertz CT molecular complexity index is 950. The van der Waals surface area contributed by atoms with Crippen molar-refractivity contribution in [2.24, 2.45) is 0 Å². The van der Waals surface area contributed by atoms with E-state index in [0.29, 0.717) is 37.4 Å².